The molecule has 1 atom stereocenters. The summed E-state index contributed by atoms with van der Waals surface area (Å²) in [6.07, 6.45) is 8.98. The molecule has 1 unspecified atom stereocenters. The fourth-order valence-corrected chi connectivity index (χ4v) is 6.03. The lowest BCUT2D eigenvalue weighted by Crippen LogP contribution is -2.43. The fourth-order valence-electron chi connectivity index (χ4n) is 4.98. The second kappa shape index (κ2) is 10.7. The van der Waals surface area contributed by atoms with Gasteiger partial charge in [-0.05, 0) is 63.9 Å². The van der Waals surface area contributed by atoms with Gasteiger partial charge in [0.25, 0.3) is 11.8 Å². The summed E-state index contributed by atoms with van der Waals surface area (Å²) in [6, 6.07) is 6.45. The van der Waals surface area contributed by atoms with Gasteiger partial charge in [-0.2, -0.15) is 5.10 Å². The zero-order chi connectivity index (χ0) is 27.7. The second-order valence-corrected chi connectivity index (χ2v) is 11.5. The molecule has 2 amide bonds. The van der Waals surface area contributed by atoms with Gasteiger partial charge < -0.3 is 21.1 Å². The Morgan fingerprint density at radius 1 is 1.26 bits per heavy atom. The van der Waals surface area contributed by atoms with Gasteiger partial charge in [0.15, 0.2) is 0 Å². The number of benzene rings is 1. The van der Waals surface area contributed by atoms with Crippen molar-refractivity contribution in [3.05, 3.63) is 71.3 Å². The number of hydrogen-bond acceptors (Lipinski definition) is 7. The zero-order valence-electron chi connectivity index (χ0n) is 22.2. The topological polar surface area (TPSA) is 128 Å². The van der Waals surface area contributed by atoms with Crippen LogP contribution >= 0.6 is 11.3 Å². The van der Waals surface area contributed by atoms with E-state index in [1.807, 2.05) is 13.0 Å². The first-order chi connectivity index (χ1) is 18.6. The number of carbonyl (C=O) groups excluding carboxylic acids is 2. The summed E-state index contributed by atoms with van der Waals surface area (Å²) in [7, 11) is 0. The lowest BCUT2D eigenvalue weighted by atomic mass is 10.0. The SMILES string of the molecule is CC1NC=C(C(=O)NCCN2CCCC2(C)C)C=C1NC(=O)c1cnn2cc(-c3cccc(C(=O)O)c3)sc12. The summed E-state index contributed by atoms with van der Waals surface area (Å²) >= 11 is 1.35. The number of carboxylic acids is 1. The van der Waals surface area contributed by atoms with Crippen LogP contribution in [0.25, 0.3) is 15.3 Å². The highest BCUT2D eigenvalue weighted by Gasteiger charge is 2.31. The smallest absolute Gasteiger partial charge is 0.335 e. The van der Waals surface area contributed by atoms with Crippen molar-refractivity contribution in [2.24, 2.45) is 0 Å². The van der Waals surface area contributed by atoms with Crippen molar-refractivity contribution in [3.63, 3.8) is 0 Å². The number of carbonyl (C=O) groups is 3. The van der Waals surface area contributed by atoms with Crippen molar-refractivity contribution >= 4 is 34.0 Å². The average Bonchev–Trinajstić information content (AvgIpc) is 3.59. The molecule has 0 aliphatic carbocycles. The number of fused-ring (bicyclic) bond motifs is 1. The predicted molar refractivity (Wildman–Crippen MR) is 150 cm³/mol. The quantitative estimate of drug-likeness (QED) is 0.340. The van der Waals surface area contributed by atoms with Crippen LogP contribution in [0.1, 0.15) is 54.3 Å². The molecule has 5 rings (SSSR count). The van der Waals surface area contributed by atoms with Gasteiger partial charge in [-0.3, -0.25) is 14.5 Å². The number of dihydropyridines is 1. The summed E-state index contributed by atoms with van der Waals surface area (Å²) in [5.41, 5.74) is 2.50. The number of nitrogens with one attached hydrogen (secondary N) is 3. The molecule has 1 aromatic carbocycles. The molecule has 1 saturated heterocycles. The van der Waals surface area contributed by atoms with Gasteiger partial charge in [-0.25, -0.2) is 9.31 Å². The Bertz CT molecular complexity index is 1500. The molecule has 0 radical (unpaired) electrons. The number of likely N-dealkylation sites (tertiary alicyclic amines) is 1. The number of aromatic carboxylic acids is 1. The van der Waals surface area contributed by atoms with Crippen LogP contribution in [0.5, 0.6) is 0 Å². The molecule has 2 aliphatic heterocycles. The van der Waals surface area contributed by atoms with Crippen LogP contribution in [-0.2, 0) is 4.79 Å². The van der Waals surface area contributed by atoms with Crippen molar-refractivity contribution in [1.29, 1.82) is 0 Å². The van der Waals surface area contributed by atoms with Crippen molar-refractivity contribution < 1.29 is 19.5 Å². The predicted octanol–water partition coefficient (Wildman–Crippen LogP) is 3.24. The number of rotatable bonds is 8. The number of thiazole rings is 1. The Hall–Kier alpha value is -3.96. The molecular weight excluding hydrogens is 516 g/mol. The first-order valence-electron chi connectivity index (χ1n) is 13.0. The first-order valence-corrected chi connectivity index (χ1v) is 13.8. The van der Waals surface area contributed by atoms with E-state index in [9.17, 15) is 19.5 Å². The average molecular weight is 549 g/mol. The van der Waals surface area contributed by atoms with E-state index in [2.05, 4.69) is 39.8 Å². The normalized spacial score (nSPS) is 18.8. The maximum atomic E-state index is 13.2. The minimum absolute atomic E-state index is 0.161. The van der Waals surface area contributed by atoms with E-state index in [-0.39, 0.29) is 29.0 Å². The zero-order valence-corrected chi connectivity index (χ0v) is 23.0. The van der Waals surface area contributed by atoms with Gasteiger partial charge in [0.05, 0.1) is 33.8 Å². The molecular formula is C28H32N6O4S. The molecule has 0 bridgehead atoms. The summed E-state index contributed by atoms with van der Waals surface area (Å²) in [5.74, 6) is -1.53. The van der Waals surface area contributed by atoms with Crippen molar-refractivity contribution in [2.75, 3.05) is 19.6 Å². The van der Waals surface area contributed by atoms with Gasteiger partial charge in [0.2, 0.25) is 0 Å². The Kier molecular flexibility index (Phi) is 7.28. The Morgan fingerprint density at radius 2 is 2.08 bits per heavy atom. The van der Waals surface area contributed by atoms with Crippen LogP contribution < -0.4 is 16.0 Å². The molecule has 3 aromatic rings. The molecule has 4 heterocycles. The van der Waals surface area contributed by atoms with E-state index in [4.69, 9.17) is 0 Å². The standard InChI is InChI=1S/C28H32N6O4S/c1-17-22(13-20(14-30-17)24(35)29-9-11-33-10-5-8-28(33,2)3)32-25(36)21-15-31-34-16-23(39-26(21)34)18-6-4-7-19(12-18)27(37)38/h4,6-7,12-17,30H,5,8-11H2,1-3H3,(H,29,35)(H,32,36)(H,37,38). The number of nitrogens with zero attached hydrogens (tertiary/aromatic N) is 3. The number of carboxylic acid groups (broad SMARTS) is 1. The number of amides is 2. The molecule has 10 nitrogen and oxygen atoms in total. The monoisotopic (exact) mass is 548 g/mol. The third kappa shape index (κ3) is 5.59. The molecule has 1 fully saturated rings. The Balaban J connectivity index is 1.26. The number of hydrogen-bond donors (Lipinski definition) is 4. The summed E-state index contributed by atoms with van der Waals surface area (Å²) < 4.78 is 1.61. The Labute approximate surface area is 230 Å². The maximum absolute atomic E-state index is 13.2. The van der Waals surface area contributed by atoms with Crippen molar-refractivity contribution in [2.45, 2.75) is 45.2 Å². The highest BCUT2D eigenvalue weighted by Crippen LogP contribution is 2.31. The van der Waals surface area contributed by atoms with Crippen LogP contribution in [0.4, 0.5) is 0 Å². The van der Waals surface area contributed by atoms with Crippen LogP contribution in [0.3, 0.4) is 0 Å². The van der Waals surface area contributed by atoms with E-state index in [1.165, 1.54) is 30.0 Å². The molecule has 0 spiro atoms. The van der Waals surface area contributed by atoms with Crippen LogP contribution in [0.15, 0.2) is 60.2 Å². The van der Waals surface area contributed by atoms with Gasteiger partial charge in [-0.1, -0.05) is 12.1 Å². The van der Waals surface area contributed by atoms with E-state index in [1.54, 1.807) is 35.1 Å². The van der Waals surface area contributed by atoms with E-state index in [0.29, 0.717) is 28.2 Å². The highest BCUT2D eigenvalue weighted by molar-refractivity contribution is 7.21. The van der Waals surface area contributed by atoms with Gasteiger partial charge in [-0.15, -0.1) is 11.3 Å². The van der Waals surface area contributed by atoms with E-state index in [0.717, 1.165) is 30.0 Å². The molecule has 11 heteroatoms. The first kappa shape index (κ1) is 26.6. The van der Waals surface area contributed by atoms with Crippen molar-refractivity contribution in [3.8, 4) is 10.4 Å². The van der Waals surface area contributed by atoms with Crippen LogP contribution in [0.2, 0.25) is 0 Å². The lowest BCUT2D eigenvalue weighted by Gasteiger charge is -2.31. The maximum Gasteiger partial charge on any atom is 0.335 e. The molecule has 2 aliphatic rings. The lowest BCUT2D eigenvalue weighted by molar-refractivity contribution is -0.117. The van der Waals surface area contributed by atoms with Gasteiger partial charge >= 0.3 is 5.97 Å². The van der Waals surface area contributed by atoms with Crippen LogP contribution in [0, 0.1) is 0 Å². The highest BCUT2D eigenvalue weighted by atomic mass is 32.1. The van der Waals surface area contributed by atoms with E-state index < -0.39 is 5.97 Å². The van der Waals surface area contributed by atoms with Gasteiger partial charge in [0, 0.05) is 36.7 Å². The molecule has 4 N–H and O–H groups in total. The molecule has 39 heavy (non-hydrogen) atoms. The summed E-state index contributed by atoms with van der Waals surface area (Å²) in [6.45, 7) is 8.76. The fraction of sp³-hybridized carbons (Fsp3) is 0.357. The van der Waals surface area contributed by atoms with Gasteiger partial charge in [0.1, 0.15) is 4.83 Å². The number of aromatic nitrogens is 2. The van der Waals surface area contributed by atoms with Crippen LogP contribution in [-0.4, -0.2) is 68.6 Å². The minimum atomic E-state index is -1.00. The second-order valence-electron chi connectivity index (χ2n) is 10.5. The minimum Gasteiger partial charge on any atom is -0.478 e. The summed E-state index contributed by atoms with van der Waals surface area (Å²) in [4.78, 5) is 41.3. The third-order valence-corrected chi connectivity index (χ3v) is 8.52. The molecule has 0 saturated carbocycles. The molecule has 2 aromatic heterocycles. The van der Waals surface area contributed by atoms with E-state index >= 15 is 0 Å². The summed E-state index contributed by atoms with van der Waals surface area (Å²) in [5, 5.41) is 22.7. The Morgan fingerprint density at radius 3 is 2.82 bits per heavy atom. The van der Waals surface area contributed by atoms with Crippen molar-refractivity contribution in [1.82, 2.24) is 30.5 Å². The largest absolute Gasteiger partial charge is 0.478 e. The third-order valence-electron chi connectivity index (χ3n) is 7.36. The molecule has 204 valence electrons.